The number of nitrogens with zero attached hydrogens (tertiary/aromatic N) is 1. The quantitative estimate of drug-likeness (QED) is 0.447. The number of likely N-dealkylation sites (N-methyl/N-ethyl adjacent to an activating group) is 1. The zero-order chi connectivity index (χ0) is 12.4. The fourth-order valence-corrected chi connectivity index (χ4v) is 1.43. The molecule has 0 saturated carbocycles. The van der Waals surface area contributed by atoms with Crippen LogP contribution in [0.1, 0.15) is 33.6 Å². The number of rotatable bonds is 9. The maximum atomic E-state index is 11.0. The van der Waals surface area contributed by atoms with E-state index in [1.165, 1.54) is 12.8 Å². The van der Waals surface area contributed by atoms with Gasteiger partial charge in [-0.1, -0.05) is 13.3 Å². The normalized spacial score (nSPS) is 12.8. The molecule has 4 nitrogen and oxygen atoms in total. The second kappa shape index (κ2) is 9.60. The fraction of sp³-hybridized carbons (Fsp3) is 0.917. The number of carbonyl (C=O) groups excluding carboxylic acids is 1. The molecule has 0 N–H and O–H groups in total. The van der Waals surface area contributed by atoms with E-state index in [0.29, 0.717) is 19.3 Å². The number of ether oxygens (including phenoxy) is 2. The lowest BCUT2D eigenvalue weighted by molar-refractivity contribution is -0.148. The van der Waals surface area contributed by atoms with Gasteiger partial charge < -0.3 is 14.4 Å². The van der Waals surface area contributed by atoms with Crippen molar-refractivity contribution in [3.05, 3.63) is 0 Å². The molecule has 0 aromatic rings. The number of hydrogen-bond acceptors (Lipinski definition) is 4. The Morgan fingerprint density at radius 1 is 1.38 bits per heavy atom. The SMILES string of the molecule is CCCC(C)N(C)CCOCC(=O)OCC. The van der Waals surface area contributed by atoms with E-state index in [9.17, 15) is 4.79 Å². The number of hydrogen-bond donors (Lipinski definition) is 0. The summed E-state index contributed by atoms with van der Waals surface area (Å²) >= 11 is 0. The lowest BCUT2D eigenvalue weighted by Gasteiger charge is -2.23. The molecule has 16 heavy (non-hydrogen) atoms. The summed E-state index contributed by atoms with van der Waals surface area (Å²) in [7, 11) is 2.08. The lowest BCUT2D eigenvalue weighted by atomic mass is 10.2. The molecular weight excluding hydrogens is 206 g/mol. The van der Waals surface area contributed by atoms with Crippen LogP contribution in [0.2, 0.25) is 0 Å². The highest BCUT2D eigenvalue weighted by atomic mass is 16.6. The molecule has 0 aliphatic heterocycles. The Bertz CT molecular complexity index is 185. The minimum atomic E-state index is -0.285. The Balaban J connectivity index is 3.47. The molecule has 0 heterocycles. The molecule has 4 heteroatoms. The first-order valence-corrected chi connectivity index (χ1v) is 6.05. The van der Waals surface area contributed by atoms with Gasteiger partial charge in [-0.3, -0.25) is 0 Å². The first-order valence-electron chi connectivity index (χ1n) is 6.05. The summed E-state index contributed by atoms with van der Waals surface area (Å²) in [6.07, 6.45) is 2.38. The van der Waals surface area contributed by atoms with Gasteiger partial charge in [0.2, 0.25) is 0 Å². The molecule has 0 aliphatic carbocycles. The van der Waals surface area contributed by atoms with Crippen molar-refractivity contribution in [1.29, 1.82) is 0 Å². The van der Waals surface area contributed by atoms with Gasteiger partial charge in [0.05, 0.1) is 13.2 Å². The average molecular weight is 231 g/mol. The highest BCUT2D eigenvalue weighted by Crippen LogP contribution is 2.02. The van der Waals surface area contributed by atoms with Crippen LogP contribution < -0.4 is 0 Å². The van der Waals surface area contributed by atoms with Gasteiger partial charge in [-0.2, -0.15) is 0 Å². The highest BCUT2D eigenvalue weighted by Gasteiger charge is 2.08. The van der Waals surface area contributed by atoms with Crippen molar-refractivity contribution >= 4 is 5.97 Å². The zero-order valence-corrected chi connectivity index (χ0v) is 11.0. The third-order valence-electron chi connectivity index (χ3n) is 2.57. The van der Waals surface area contributed by atoms with Gasteiger partial charge in [0.15, 0.2) is 0 Å². The van der Waals surface area contributed by atoms with Crippen molar-refractivity contribution in [2.75, 3.05) is 33.4 Å². The molecule has 1 atom stereocenters. The molecule has 1 unspecified atom stereocenters. The minimum Gasteiger partial charge on any atom is -0.464 e. The second-order valence-corrected chi connectivity index (χ2v) is 3.98. The van der Waals surface area contributed by atoms with E-state index in [1.54, 1.807) is 6.92 Å². The van der Waals surface area contributed by atoms with E-state index in [0.717, 1.165) is 6.54 Å². The van der Waals surface area contributed by atoms with E-state index in [2.05, 4.69) is 25.8 Å². The van der Waals surface area contributed by atoms with Gasteiger partial charge in [-0.15, -0.1) is 0 Å². The van der Waals surface area contributed by atoms with Crippen molar-refractivity contribution in [3.63, 3.8) is 0 Å². The predicted octanol–water partition coefficient (Wildman–Crippen LogP) is 1.69. The van der Waals surface area contributed by atoms with Crippen LogP contribution in [0.5, 0.6) is 0 Å². The summed E-state index contributed by atoms with van der Waals surface area (Å²) < 4.78 is 9.99. The third kappa shape index (κ3) is 7.65. The van der Waals surface area contributed by atoms with Crippen molar-refractivity contribution < 1.29 is 14.3 Å². The van der Waals surface area contributed by atoms with E-state index in [1.807, 2.05) is 0 Å². The Kier molecular flexibility index (Phi) is 9.24. The van der Waals surface area contributed by atoms with Gasteiger partial charge in [0, 0.05) is 12.6 Å². The van der Waals surface area contributed by atoms with E-state index in [4.69, 9.17) is 9.47 Å². The van der Waals surface area contributed by atoms with E-state index >= 15 is 0 Å². The highest BCUT2D eigenvalue weighted by molar-refractivity contribution is 5.70. The largest absolute Gasteiger partial charge is 0.464 e. The second-order valence-electron chi connectivity index (χ2n) is 3.98. The molecule has 0 radical (unpaired) electrons. The summed E-state index contributed by atoms with van der Waals surface area (Å²) in [5.41, 5.74) is 0. The standard InChI is InChI=1S/C12H25NO3/c1-5-7-11(3)13(4)8-9-15-10-12(14)16-6-2/h11H,5-10H2,1-4H3. The Labute approximate surface area is 98.9 Å². The lowest BCUT2D eigenvalue weighted by Crippen LogP contribution is -2.32. The molecule has 0 amide bonds. The summed E-state index contributed by atoms with van der Waals surface area (Å²) in [5.74, 6) is -0.285. The van der Waals surface area contributed by atoms with Crippen molar-refractivity contribution in [2.45, 2.75) is 39.7 Å². The van der Waals surface area contributed by atoms with Crippen LogP contribution in [0.4, 0.5) is 0 Å². The van der Waals surface area contributed by atoms with Crippen molar-refractivity contribution in [2.24, 2.45) is 0 Å². The first kappa shape index (κ1) is 15.4. The van der Waals surface area contributed by atoms with Crippen LogP contribution in [0, 0.1) is 0 Å². The smallest absolute Gasteiger partial charge is 0.332 e. The Morgan fingerprint density at radius 3 is 2.62 bits per heavy atom. The first-order chi connectivity index (χ1) is 7.61. The molecule has 0 bridgehead atoms. The Hall–Kier alpha value is -0.610. The van der Waals surface area contributed by atoms with E-state index < -0.39 is 0 Å². The van der Waals surface area contributed by atoms with E-state index in [-0.39, 0.29) is 12.6 Å². The zero-order valence-electron chi connectivity index (χ0n) is 11.0. The van der Waals surface area contributed by atoms with Gasteiger partial charge in [-0.25, -0.2) is 4.79 Å². The van der Waals surface area contributed by atoms with Crippen LogP contribution in [0.15, 0.2) is 0 Å². The maximum absolute atomic E-state index is 11.0. The number of esters is 1. The summed E-state index contributed by atoms with van der Waals surface area (Å²) in [5, 5.41) is 0. The monoisotopic (exact) mass is 231 g/mol. The van der Waals surface area contributed by atoms with Crippen molar-refractivity contribution in [3.8, 4) is 0 Å². The molecule has 0 rings (SSSR count). The molecule has 0 aliphatic rings. The summed E-state index contributed by atoms with van der Waals surface area (Å²) in [4.78, 5) is 13.2. The Morgan fingerprint density at radius 2 is 2.06 bits per heavy atom. The average Bonchev–Trinajstić information content (AvgIpc) is 2.24. The fourth-order valence-electron chi connectivity index (χ4n) is 1.43. The molecule has 0 saturated heterocycles. The van der Waals surface area contributed by atoms with Crippen LogP contribution in [0.3, 0.4) is 0 Å². The van der Waals surface area contributed by atoms with Gasteiger partial charge in [0.25, 0.3) is 0 Å². The van der Waals surface area contributed by atoms with Gasteiger partial charge in [0.1, 0.15) is 6.61 Å². The van der Waals surface area contributed by atoms with Crippen LogP contribution in [-0.2, 0) is 14.3 Å². The van der Waals surface area contributed by atoms with Gasteiger partial charge in [-0.05, 0) is 27.3 Å². The van der Waals surface area contributed by atoms with Crippen molar-refractivity contribution in [1.82, 2.24) is 4.90 Å². The third-order valence-corrected chi connectivity index (χ3v) is 2.57. The molecule has 0 aromatic heterocycles. The molecule has 0 aromatic carbocycles. The predicted molar refractivity (Wildman–Crippen MR) is 64.5 cm³/mol. The summed E-state index contributed by atoms with van der Waals surface area (Å²) in [6, 6.07) is 0.566. The van der Waals surface area contributed by atoms with Crippen LogP contribution in [-0.4, -0.2) is 50.3 Å². The number of carbonyl (C=O) groups is 1. The van der Waals surface area contributed by atoms with Gasteiger partial charge >= 0.3 is 5.97 Å². The summed E-state index contributed by atoms with van der Waals surface area (Å²) in [6.45, 7) is 8.07. The molecule has 96 valence electrons. The topological polar surface area (TPSA) is 38.8 Å². The van der Waals surface area contributed by atoms with Crippen LogP contribution >= 0.6 is 0 Å². The molecule has 0 fully saturated rings. The van der Waals surface area contributed by atoms with Crippen LogP contribution in [0.25, 0.3) is 0 Å². The molecule has 0 spiro atoms. The maximum Gasteiger partial charge on any atom is 0.332 e. The molecular formula is C12H25NO3. The minimum absolute atomic E-state index is 0.0594.